The lowest BCUT2D eigenvalue weighted by molar-refractivity contribution is -0.384. The van der Waals surface area contributed by atoms with Crippen molar-refractivity contribution < 1.29 is 19.3 Å². The number of rotatable bonds is 9. The van der Waals surface area contributed by atoms with Crippen molar-refractivity contribution in [3.05, 3.63) is 63.2 Å². The molecule has 2 aromatic carbocycles. The highest BCUT2D eigenvalue weighted by Crippen LogP contribution is 2.53. The van der Waals surface area contributed by atoms with Gasteiger partial charge in [-0.2, -0.15) is 0 Å². The van der Waals surface area contributed by atoms with Crippen LogP contribution in [-0.4, -0.2) is 22.4 Å². The van der Waals surface area contributed by atoms with Crippen LogP contribution in [-0.2, 0) is 15.0 Å². The van der Waals surface area contributed by atoms with Crippen LogP contribution in [0.1, 0.15) is 93.6 Å². The first-order chi connectivity index (χ1) is 16.9. The Kier molecular flexibility index (Phi) is 7.15. The number of Topliss-reactive ketones (excluding diaryl/α,β-unsaturated/α-hetero) is 1. The number of hydrogen-bond donors (Lipinski definition) is 0. The van der Waals surface area contributed by atoms with E-state index in [4.69, 9.17) is 4.84 Å². The molecule has 0 bridgehead atoms. The second kappa shape index (κ2) is 10.1. The van der Waals surface area contributed by atoms with E-state index in [1.807, 2.05) is 25.1 Å². The summed E-state index contributed by atoms with van der Waals surface area (Å²) in [5.41, 5.74) is 4.42. The minimum Gasteiger partial charge on any atom is -0.318 e. The maximum absolute atomic E-state index is 13.7. The molecule has 2 aliphatic rings. The van der Waals surface area contributed by atoms with E-state index < -0.39 is 11.4 Å². The average molecular weight is 477 g/mol. The van der Waals surface area contributed by atoms with Crippen molar-refractivity contribution in [2.75, 3.05) is 0 Å². The predicted molar refractivity (Wildman–Crippen MR) is 135 cm³/mol. The van der Waals surface area contributed by atoms with Gasteiger partial charge in [-0.25, -0.2) is 4.79 Å². The summed E-state index contributed by atoms with van der Waals surface area (Å²) in [6, 6.07) is 10.7. The van der Waals surface area contributed by atoms with E-state index in [-0.39, 0.29) is 28.7 Å². The molecular weight excluding hydrogens is 444 g/mol. The van der Waals surface area contributed by atoms with E-state index in [1.165, 1.54) is 0 Å². The van der Waals surface area contributed by atoms with Gasteiger partial charge in [-0.1, -0.05) is 50.9 Å². The molecule has 35 heavy (non-hydrogen) atoms. The summed E-state index contributed by atoms with van der Waals surface area (Å²) in [7, 11) is 0. The maximum Gasteiger partial charge on any atom is 0.335 e. The van der Waals surface area contributed by atoms with Crippen molar-refractivity contribution in [1.29, 1.82) is 0 Å². The lowest BCUT2D eigenvalue weighted by Gasteiger charge is -2.29. The van der Waals surface area contributed by atoms with Crippen LogP contribution >= 0.6 is 0 Å². The SMILES string of the molecule is CCCC(=O)O/N=C(/C(=O)c1ccc2c(c1)C(CC)(CC)c1cc([N+](=O)[O-])ccc1-2)C1CCCC1. The summed E-state index contributed by atoms with van der Waals surface area (Å²) in [5, 5.41) is 15.6. The highest BCUT2D eigenvalue weighted by atomic mass is 16.7. The third-order valence-electron chi connectivity index (χ3n) is 7.70. The van der Waals surface area contributed by atoms with Gasteiger partial charge in [0.2, 0.25) is 5.78 Å². The molecule has 4 rings (SSSR count). The largest absolute Gasteiger partial charge is 0.335 e. The molecule has 2 aromatic rings. The van der Waals surface area contributed by atoms with Gasteiger partial charge in [0.15, 0.2) is 0 Å². The molecule has 7 nitrogen and oxygen atoms in total. The van der Waals surface area contributed by atoms with Crippen molar-refractivity contribution in [2.45, 2.75) is 77.6 Å². The minimum atomic E-state index is -0.433. The fourth-order valence-corrected chi connectivity index (χ4v) is 5.75. The number of carbonyl (C=O) groups is 2. The number of ketones is 1. The van der Waals surface area contributed by atoms with E-state index in [9.17, 15) is 19.7 Å². The molecule has 0 unspecified atom stereocenters. The van der Waals surface area contributed by atoms with Crippen LogP contribution < -0.4 is 0 Å². The maximum atomic E-state index is 13.7. The summed E-state index contributed by atoms with van der Waals surface area (Å²) < 4.78 is 0. The molecule has 1 saturated carbocycles. The molecular formula is C28H32N2O5. The van der Waals surface area contributed by atoms with Gasteiger partial charge < -0.3 is 4.84 Å². The van der Waals surface area contributed by atoms with Gasteiger partial charge in [-0.05, 0) is 66.5 Å². The van der Waals surface area contributed by atoms with Crippen molar-refractivity contribution in [3.63, 3.8) is 0 Å². The van der Waals surface area contributed by atoms with Gasteiger partial charge >= 0.3 is 5.97 Å². The Labute approximate surface area is 205 Å². The van der Waals surface area contributed by atoms with Gasteiger partial charge in [0.25, 0.3) is 5.69 Å². The third kappa shape index (κ3) is 4.40. The van der Waals surface area contributed by atoms with Gasteiger partial charge in [0.1, 0.15) is 5.71 Å². The number of nitro benzene ring substituents is 1. The van der Waals surface area contributed by atoms with Crippen molar-refractivity contribution in [2.24, 2.45) is 11.1 Å². The zero-order valence-electron chi connectivity index (χ0n) is 20.6. The van der Waals surface area contributed by atoms with Crippen molar-refractivity contribution >= 4 is 23.2 Å². The number of nitrogens with zero attached hydrogens (tertiary/aromatic N) is 2. The summed E-state index contributed by atoms with van der Waals surface area (Å²) in [5.74, 6) is -0.669. The Morgan fingerprint density at radius 1 is 1.03 bits per heavy atom. The van der Waals surface area contributed by atoms with Gasteiger partial charge in [0, 0.05) is 35.4 Å². The lowest BCUT2D eigenvalue weighted by atomic mass is 9.73. The monoisotopic (exact) mass is 476 g/mol. The van der Waals surface area contributed by atoms with Crippen LogP contribution in [0.25, 0.3) is 11.1 Å². The Hall–Kier alpha value is -3.35. The summed E-state index contributed by atoms with van der Waals surface area (Å²) in [6.45, 7) is 6.04. The van der Waals surface area contributed by atoms with Crippen LogP contribution in [0.2, 0.25) is 0 Å². The topological polar surface area (TPSA) is 98.9 Å². The normalized spacial score (nSPS) is 16.6. The molecule has 0 spiro atoms. The Morgan fingerprint density at radius 3 is 2.26 bits per heavy atom. The van der Waals surface area contributed by atoms with Crippen molar-refractivity contribution in [1.82, 2.24) is 0 Å². The standard InChI is InChI=1S/C28H32N2O5/c1-4-9-25(31)35-29-26(18-10-7-8-11-18)27(32)19-12-14-21-22-15-13-20(30(33)34)17-24(22)28(5-2,6-3)23(21)16-19/h12-18H,4-11H2,1-3H3/b29-26+. The number of hydrogen-bond acceptors (Lipinski definition) is 6. The van der Waals surface area contributed by atoms with E-state index in [1.54, 1.807) is 18.2 Å². The number of non-ortho nitro benzene ring substituents is 1. The molecule has 0 aromatic heterocycles. The first-order valence-corrected chi connectivity index (χ1v) is 12.6. The fourth-order valence-electron chi connectivity index (χ4n) is 5.75. The second-order valence-electron chi connectivity index (χ2n) is 9.54. The summed E-state index contributed by atoms with van der Waals surface area (Å²) in [4.78, 5) is 41.9. The summed E-state index contributed by atoms with van der Waals surface area (Å²) in [6.07, 6.45) is 6.16. The highest BCUT2D eigenvalue weighted by molar-refractivity contribution is 6.46. The van der Waals surface area contributed by atoms with E-state index in [0.29, 0.717) is 17.7 Å². The number of carbonyl (C=O) groups excluding carboxylic acids is 2. The van der Waals surface area contributed by atoms with E-state index >= 15 is 0 Å². The number of benzene rings is 2. The molecule has 0 radical (unpaired) electrons. The smallest absolute Gasteiger partial charge is 0.318 e. The quantitative estimate of drug-likeness (QED) is 0.131. The average Bonchev–Trinajstić information content (AvgIpc) is 3.48. The zero-order valence-corrected chi connectivity index (χ0v) is 20.6. The number of oxime groups is 1. The van der Waals surface area contributed by atoms with Gasteiger partial charge in [-0.3, -0.25) is 14.9 Å². The molecule has 0 atom stereocenters. The lowest BCUT2D eigenvalue weighted by Crippen LogP contribution is -2.26. The highest BCUT2D eigenvalue weighted by Gasteiger charge is 2.42. The Bertz CT molecular complexity index is 1190. The number of nitro groups is 1. The Morgan fingerprint density at radius 2 is 1.66 bits per heavy atom. The molecule has 7 heteroatoms. The van der Waals surface area contributed by atoms with Crippen LogP contribution in [0.5, 0.6) is 0 Å². The van der Waals surface area contributed by atoms with Gasteiger partial charge in [0.05, 0.1) is 4.92 Å². The Balaban J connectivity index is 1.76. The first kappa shape index (κ1) is 24.8. The van der Waals surface area contributed by atoms with Crippen molar-refractivity contribution in [3.8, 4) is 11.1 Å². The molecule has 0 heterocycles. The minimum absolute atomic E-state index is 0.0212. The fraction of sp³-hybridized carbons (Fsp3) is 0.464. The molecule has 184 valence electrons. The van der Waals surface area contributed by atoms with Crippen LogP contribution in [0, 0.1) is 16.0 Å². The molecule has 0 N–H and O–H groups in total. The number of fused-ring (bicyclic) bond motifs is 3. The second-order valence-corrected chi connectivity index (χ2v) is 9.54. The molecule has 2 aliphatic carbocycles. The predicted octanol–water partition coefficient (Wildman–Crippen LogP) is 6.75. The molecule has 0 aliphatic heterocycles. The molecule has 1 fully saturated rings. The van der Waals surface area contributed by atoms with Crippen LogP contribution in [0.15, 0.2) is 41.6 Å². The van der Waals surface area contributed by atoms with Crippen LogP contribution in [0.4, 0.5) is 5.69 Å². The summed E-state index contributed by atoms with van der Waals surface area (Å²) >= 11 is 0. The molecule has 0 amide bonds. The molecule has 0 saturated heterocycles. The van der Waals surface area contributed by atoms with Crippen LogP contribution in [0.3, 0.4) is 0 Å². The van der Waals surface area contributed by atoms with E-state index in [2.05, 4.69) is 19.0 Å². The first-order valence-electron chi connectivity index (χ1n) is 12.6. The van der Waals surface area contributed by atoms with Gasteiger partial charge in [-0.15, -0.1) is 0 Å². The third-order valence-corrected chi connectivity index (χ3v) is 7.70. The zero-order chi connectivity index (χ0) is 25.2. The van der Waals surface area contributed by atoms with E-state index in [0.717, 1.165) is 60.8 Å².